The average molecular weight is 436 g/mol. The predicted molar refractivity (Wildman–Crippen MR) is 127 cm³/mol. The van der Waals surface area contributed by atoms with Crippen molar-refractivity contribution in [2.45, 2.75) is 57.5 Å². The molecule has 1 heterocycles. The van der Waals surface area contributed by atoms with Crippen molar-refractivity contribution >= 4 is 23.2 Å². The number of amides is 2. The number of piperidine rings is 1. The van der Waals surface area contributed by atoms with Crippen molar-refractivity contribution in [1.82, 2.24) is 4.90 Å². The van der Waals surface area contributed by atoms with E-state index in [0.29, 0.717) is 43.1 Å². The first-order valence-corrected chi connectivity index (χ1v) is 11.7. The highest BCUT2D eigenvalue weighted by Gasteiger charge is 2.30. The molecule has 0 unspecified atom stereocenters. The maximum atomic E-state index is 13.1. The first-order chi connectivity index (χ1) is 15.4. The highest BCUT2D eigenvalue weighted by atomic mass is 16.3. The largest absolute Gasteiger partial charge is 0.399 e. The molecule has 2 amide bonds. The van der Waals surface area contributed by atoms with Crippen molar-refractivity contribution in [2.75, 3.05) is 24.1 Å². The number of aliphatic hydroxyl groups is 1. The van der Waals surface area contributed by atoms with E-state index < -0.39 is 6.10 Å². The van der Waals surface area contributed by atoms with E-state index >= 15 is 0 Å². The third-order valence-corrected chi connectivity index (χ3v) is 7.00. The minimum Gasteiger partial charge on any atom is -0.399 e. The summed E-state index contributed by atoms with van der Waals surface area (Å²) in [4.78, 5) is 27.8. The fourth-order valence-electron chi connectivity index (χ4n) is 4.90. The number of nitrogens with two attached hydrogens (primary N) is 1. The number of rotatable bonds is 4. The standard InChI is InChI=1S/C26H33N3O3/c1-17-6-7-20(16-23(17)28-25(31)22-4-2-3-5-24(22)30)26(32)29-14-12-19(13-15-29)18-8-10-21(27)11-9-18/h6-11,16,19,22,24,30H,2-5,12-15,27H2,1H3,(H,28,31)/t22-,24+/m0/s1. The molecule has 0 bridgehead atoms. The lowest BCUT2D eigenvalue weighted by Gasteiger charge is -2.32. The van der Waals surface area contributed by atoms with Crippen molar-refractivity contribution in [2.24, 2.45) is 5.92 Å². The Labute approximate surface area is 189 Å². The molecule has 2 aliphatic rings. The Hall–Kier alpha value is -2.86. The van der Waals surface area contributed by atoms with Crippen LogP contribution in [-0.4, -0.2) is 41.0 Å². The van der Waals surface area contributed by atoms with Gasteiger partial charge in [-0.3, -0.25) is 9.59 Å². The second-order valence-corrected chi connectivity index (χ2v) is 9.21. The summed E-state index contributed by atoms with van der Waals surface area (Å²) in [6.07, 6.45) is 4.54. The SMILES string of the molecule is Cc1ccc(C(=O)N2CCC(c3ccc(N)cc3)CC2)cc1NC(=O)[C@H]1CCCC[C@H]1O. The average Bonchev–Trinajstić information content (AvgIpc) is 2.81. The Balaban J connectivity index is 1.40. The molecule has 1 saturated heterocycles. The Kier molecular flexibility index (Phi) is 6.80. The van der Waals surface area contributed by atoms with Crippen LogP contribution in [0, 0.1) is 12.8 Å². The molecule has 1 aliphatic heterocycles. The van der Waals surface area contributed by atoms with Gasteiger partial charge in [-0.15, -0.1) is 0 Å². The molecule has 6 heteroatoms. The number of carbonyl (C=O) groups excluding carboxylic acids is 2. The number of aryl methyl sites for hydroxylation is 1. The Morgan fingerprint density at radius 3 is 2.38 bits per heavy atom. The van der Waals surface area contributed by atoms with Gasteiger partial charge in [0.05, 0.1) is 12.0 Å². The van der Waals surface area contributed by atoms with Gasteiger partial charge in [0.15, 0.2) is 0 Å². The van der Waals surface area contributed by atoms with Crippen molar-refractivity contribution in [3.63, 3.8) is 0 Å². The van der Waals surface area contributed by atoms with E-state index in [4.69, 9.17) is 5.73 Å². The van der Waals surface area contributed by atoms with Gasteiger partial charge in [0.1, 0.15) is 0 Å². The van der Waals surface area contributed by atoms with Crippen LogP contribution in [0.25, 0.3) is 0 Å². The van der Waals surface area contributed by atoms with E-state index in [0.717, 1.165) is 36.9 Å². The van der Waals surface area contributed by atoms with Gasteiger partial charge in [-0.1, -0.05) is 31.0 Å². The van der Waals surface area contributed by atoms with Gasteiger partial charge in [-0.05, 0) is 73.9 Å². The highest BCUT2D eigenvalue weighted by molar-refractivity contribution is 5.98. The Morgan fingerprint density at radius 1 is 1.00 bits per heavy atom. The Bertz CT molecular complexity index is 965. The number of hydrogen-bond donors (Lipinski definition) is 3. The molecule has 2 aromatic carbocycles. The summed E-state index contributed by atoms with van der Waals surface area (Å²) in [5.41, 5.74) is 9.97. The molecule has 0 aromatic heterocycles. The maximum Gasteiger partial charge on any atom is 0.253 e. The number of carbonyl (C=O) groups is 2. The molecule has 6 nitrogen and oxygen atoms in total. The van der Waals surface area contributed by atoms with Crippen LogP contribution >= 0.6 is 0 Å². The minimum absolute atomic E-state index is 0.00560. The molecule has 2 aromatic rings. The number of nitrogen functional groups attached to an aromatic ring is 1. The monoisotopic (exact) mass is 435 g/mol. The van der Waals surface area contributed by atoms with Crippen molar-refractivity contribution in [3.8, 4) is 0 Å². The number of likely N-dealkylation sites (tertiary alicyclic amines) is 1. The summed E-state index contributed by atoms with van der Waals surface area (Å²) < 4.78 is 0. The topological polar surface area (TPSA) is 95.7 Å². The molecule has 2 atom stereocenters. The molecule has 1 aliphatic carbocycles. The van der Waals surface area contributed by atoms with Crippen LogP contribution in [0.2, 0.25) is 0 Å². The number of nitrogens with zero attached hydrogens (tertiary/aromatic N) is 1. The van der Waals surface area contributed by atoms with E-state index in [1.807, 2.05) is 36.1 Å². The van der Waals surface area contributed by atoms with E-state index in [1.54, 1.807) is 6.07 Å². The van der Waals surface area contributed by atoms with Crippen molar-refractivity contribution < 1.29 is 14.7 Å². The predicted octanol–water partition coefficient (Wildman–Crippen LogP) is 4.09. The third kappa shape index (κ3) is 4.96. The van der Waals surface area contributed by atoms with E-state index in [1.165, 1.54) is 5.56 Å². The van der Waals surface area contributed by atoms with Gasteiger partial charge in [0.25, 0.3) is 5.91 Å². The van der Waals surface area contributed by atoms with Gasteiger partial charge in [0.2, 0.25) is 5.91 Å². The van der Waals surface area contributed by atoms with Crippen LogP contribution in [0.3, 0.4) is 0 Å². The third-order valence-electron chi connectivity index (χ3n) is 7.00. The van der Waals surface area contributed by atoms with E-state index in [2.05, 4.69) is 17.4 Å². The summed E-state index contributed by atoms with van der Waals surface area (Å²) in [7, 11) is 0. The second kappa shape index (κ2) is 9.74. The van der Waals surface area contributed by atoms with Gasteiger partial charge in [0, 0.05) is 30.0 Å². The van der Waals surface area contributed by atoms with Gasteiger partial charge < -0.3 is 21.1 Å². The summed E-state index contributed by atoms with van der Waals surface area (Å²) >= 11 is 0. The van der Waals surface area contributed by atoms with Gasteiger partial charge in [-0.25, -0.2) is 0 Å². The molecule has 4 rings (SSSR count). The summed E-state index contributed by atoms with van der Waals surface area (Å²) in [6.45, 7) is 3.33. The summed E-state index contributed by atoms with van der Waals surface area (Å²) in [5, 5.41) is 13.2. The lowest BCUT2D eigenvalue weighted by Crippen LogP contribution is -2.38. The van der Waals surface area contributed by atoms with Crippen molar-refractivity contribution in [1.29, 1.82) is 0 Å². The molecule has 32 heavy (non-hydrogen) atoms. The number of benzene rings is 2. The molecule has 1 saturated carbocycles. The van der Waals surface area contributed by atoms with Crippen LogP contribution < -0.4 is 11.1 Å². The number of hydrogen-bond acceptors (Lipinski definition) is 4. The highest BCUT2D eigenvalue weighted by Crippen LogP contribution is 2.30. The molecular formula is C26H33N3O3. The smallest absolute Gasteiger partial charge is 0.253 e. The summed E-state index contributed by atoms with van der Waals surface area (Å²) in [6, 6.07) is 13.5. The molecule has 4 N–H and O–H groups in total. The number of anilines is 2. The van der Waals surface area contributed by atoms with Crippen LogP contribution in [0.1, 0.15) is 65.9 Å². The quantitative estimate of drug-likeness (QED) is 0.631. The molecular weight excluding hydrogens is 402 g/mol. The van der Waals surface area contributed by atoms with Crippen LogP contribution in [0.4, 0.5) is 11.4 Å². The van der Waals surface area contributed by atoms with E-state index in [-0.39, 0.29) is 17.7 Å². The second-order valence-electron chi connectivity index (χ2n) is 9.21. The van der Waals surface area contributed by atoms with Crippen LogP contribution in [0.5, 0.6) is 0 Å². The first kappa shape index (κ1) is 22.3. The normalized spacial score (nSPS) is 21.9. The Morgan fingerprint density at radius 2 is 1.69 bits per heavy atom. The lowest BCUT2D eigenvalue weighted by atomic mass is 9.86. The first-order valence-electron chi connectivity index (χ1n) is 11.7. The molecule has 170 valence electrons. The molecule has 0 spiro atoms. The summed E-state index contributed by atoms with van der Waals surface area (Å²) in [5.74, 6) is -0.104. The maximum absolute atomic E-state index is 13.1. The number of nitrogens with one attached hydrogen (secondary N) is 1. The molecule has 2 fully saturated rings. The lowest BCUT2D eigenvalue weighted by molar-refractivity contribution is -0.124. The zero-order valence-electron chi connectivity index (χ0n) is 18.7. The van der Waals surface area contributed by atoms with E-state index in [9.17, 15) is 14.7 Å². The van der Waals surface area contributed by atoms with Crippen molar-refractivity contribution in [3.05, 3.63) is 59.2 Å². The van der Waals surface area contributed by atoms with Crippen LogP contribution in [-0.2, 0) is 4.79 Å². The fraction of sp³-hybridized carbons (Fsp3) is 0.462. The minimum atomic E-state index is -0.587. The molecule has 0 radical (unpaired) electrons. The fourth-order valence-corrected chi connectivity index (χ4v) is 4.90. The van der Waals surface area contributed by atoms with Gasteiger partial charge in [-0.2, -0.15) is 0 Å². The zero-order chi connectivity index (χ0) is 22.7. The van der Waals surface area contributed by atoms with Crippen LogP contribution in [0.15, 0.2) is 42.5 Å². The number of aliphatic hydroxyl groups excluding tert-OH is 1. The zero-order valence-corrected chi connectivity index (χ0v) is 18.7. The van der Waals surface area contributed by atoms with Gasteiger partial charge >= 0.3 is 0 Å².